The number of anilines is 1. The molecule has 2 rings (SSSR count). The number of nitrogens with zero attached hydrogens (tertiary/aromatic N) is 1. The second kappa shape index (κ2) is 4.88. The van der Waals surface area contributed by atoms with Crippen LogP contribution in [0.15, 0.2) is 18.2 Å². The summed E-state index contributed by atoms with van der Waals surface area (Å²) in [5.74, 6) is 0. The third-order valence-electron chi connectivity index (χ3n) is 3.02. The molecule has 0 saturated carbocycles. The predicted octanol–water partition coefficient (Wildman–Crippen LogP) is 3.99. The molecule has 2 nitrogen and oxygen atoms in total. The van der Waals surface area contributed by atoms with Crippen LogP contribution in [0, 0.1) is 27.7 Å². The number of rotatable bonds is 3. The molecule has 0 amide bonds. The molecule has 0 aliphatic rings. The van der Waals surface area contributed by atoms with Gasteiger partial charge in [0.05, 0.1) is 12.2 Å². The first-order valence-corrected chi connectivity index (χ1v) is 6.62. The summed E-state index contributed by atoms with van der Waals surface area (Å²) < 4.78 is 0. The van der Waals surface area contributed by atoms with E-state index in [0.29, 0.717) is 0 Å². The lowest BCUT2D eigenvalue weighted by Crippen LogP contribution is -1.99. The molecule has 0 aliphatic heterocycles. The van der Waals surface area contributed by atoms with E-state index in [-0.39, 0.29) is 0 Å². The molecule has 1 N–H and O–H groups in total. The number of nitrogens with one attached hydrogen (secondary N) is 1. The van der Waals surface area contributed by atoms with Crippen LogP contribution in [-0.2, 0) is 6.54 Å². The highest BCUT2D eigenvalue weighted by molar-refractivity contribution is 7.11. The van der Waals surface area contributed by atoms with Gasteiger partial charge in [0, 0.05) is 10.6 Å². The van der Waals surface area contributed by atoms with E-state index in [9.17, 15) is 0 Å². The van der Waals surface area contributed by atoms with Crippen LogP contribution in [-0.4, -0.2) is 4.98 Å². The van der Waals surface area contributed by atoms with Gasteiger partial charge in [0.2, 0.25) is 0 Å². The summed E-state index contributed by atoms with van der Waals surface area (Å²) in [4.78, 5) is 5.83. The summed E-state index contributed by atoms with van der Waals surface area (Å²) in [6.07, 6.45) is 0. The zero-order valence-corrected chi connectivity index (χ0v) is 11.6. The molecule has 1 heterocycles. The van der Waals surface area contributed by atoms with E-state index < -0.39 is 0 Å². The summed E-state index contributed by atoms with van der Waals surface area (Å²) in [7, 11) is 0. The Kier molecular flexibility index (Phi) is 3.48. The lowest BCUT2D eigenvalue weighted by atomic mass is 10.1. The number of aryl methyl sites for hydroxylation is 4. The molecule has 1 aromatic heterocycles. The van der Waals surface area contributed by atoms with E-state index in [0.717, 1.165) is 17.2 Å². The van der Waals surface area contributed by atoms with E-state index in [1.54, 1.807) is 11.3 Å². The standard InChI is InChI=1S/C14H18N2S/c1-9-5-6-13(7-10(9)2)15-8-14-16-11(3)12(4)17-14/h5-7,15H,8H2,1-4H3. The molecule has 1 aromatic carbocycles. The molecule has 17 heavy (non-hydrogen) atoms. The lowest BCUT2D eigenvalue weighted by Gasteiger charge is -2.06. The molecule has 0 fully saturated rings. The Morgan fingerprint density at radius 1 is 1.12 bits per heavy atom. The minimum atomic E-state index is 0.807. The van der Waals surface area contributed by atoms with Crippen LogP contribution in [0.25, 0.3) is 0 Å². The van der Waals surface area contributed by atoms with Gasteiger partial charge in [0.15, 0.2) is 0 Å². The van der Waals surface area contributed by atoms with Gasteiger partial charge in [-0.05, 0) is 51.0 Å². The molecule has 3 heteroatoms. The number of thiazole rings is 1. The Labute approximate surface area is 107 Å². The lowest BCUT2D eigenvalue weighted by molar-refractivity contribution is 1.07. The van der Waals surface area contributed by atoms with Gasteiger partial charge in [-0.15, -0.1) is 11.3 Å². The average Bonchev–Trinajstić information content (AvgIpc) is 2.60. The predicted molar refractivity (Wildman–Crippen MR) is 74.8 cm³/mol. The maximum Gasteiger partial charge on any atom is 0.112 e. The molecular weight excluding hydrogens is 228 g/mol. The second-order valence-corrected chi connectivity index (χ2v) is 5.69. The van der Waals surface area contributed by atoms with Crippen molar-refractivity contribution >= 4 is 17.0 Å². The van der Waals surface area contributed by atoms with E-state index in [4.69, 9.17) is 0 Å². The Morgan fingerprint density at radius 2 is 1.88 bits per heavy atom. The molecule has 0 unspecified atom stereocenters. The quantitative estimate of drug-likeness (QED) is 0.885. The van der Waals surface area contributed by atoms with Crippen LogP contribution in [0.4, 0.5) is 5.69 Å². The highest BCUT2D eigenvalue weighted by atomic mass is 32.1. The fraction of sp³-hybridized carbons (Fsp3) is 0.357. The zero-order chi connectivity index (χ0) is 12.4. The monoisotopic (exact) mass is 246 g/mol. The first-order valence-electron chi connectivity index (χ1n) is 5.80. The molecule has 0 bridgehead atoms. The molecular formula is C14H18N2S. The minimum Gasteiger partial charge on any atom is -0.379 e. The Balaban J connectivity index is 2.04. The Hall–Kier alpha value is -1.35. The zero-order valence-electron chi connectivity index (χ0n) is 10.8. The Morgan fingerprint density at radius 3 is 2.47 bits per heavy atom. The van der Waals surface area contributed by atoms with Crippen LogP contribution in [0.2, 0.25) is 0 Å². The Bertz CT molecular complexity index is 510. The third-order valence-corrected chi connectivity index (χ3v) is 4.10. The van der Waals surface area contributed by atoms with Crippen molar-refractivity contribution in [3.05, 3.63) is 44.9 Å². The van der Waals surface area contributed by atoms with Gasteiger partial charge in [-0.1, -0.05) is 6.07 Å². The highest BCUT2D eigenvalue weighted by Crippen LogP contribution is 2.19. The summed E-state index contributed by atoms with van der Waals surface area (Å²) in [5.41, 5.74) is 4.96. The van der Waals surface area contributed by atoms with E-state index in [1.807, 2.05) is 0 Å². The molecule has 0 spiro atoms. The largest absolute Gasteiger partial charge is 0.379 e. The van der Waals surface area contributed by atoms with Crippen LogP contribution in [0.1, 0.15) is 26.7 Å². The highest BCUT2D eigenvalue weighted by Gasteiger charge is 2.03. The van der Waals surface area contributed by atoms with Crippen molar-refractivity contribution in [1.82, 2.24) is 4.98 Å². The van der Waals surface area contributed by atoms with Crippen molar-refractivity contribution < 1.29 is 0 Å². The van der Waals surface area contributed by atoms with Gasteiger partial charge >= 0.3 is 0 Å². The second-order valence-electron chi connectivity index (χ2n) is 4.40. The van der Waals surface area contributed by atoms with Gasteiger partial charge in [-0.25, -0.2) is 4.98 Å². The molecule has 0 atom stereocenters. The molecule has 90 valence electrons. The van der Waals surface area contributed by atoms with Crippen molar-refractivity contribution in [2.75, 3.05) is 5.32 Å². The van der Waals surface area contributed by atoms with Crippen molar-refractivity contribution in [2.24, 2.45) is 0 Å². The van der Waals surface area contributed by atoms with Gasteiger partial charge < -0.3 is 5.32 Å². The van der Waals surface area contributed by atoms with Crippen LogP contribution < -0.4 is 5.32 Å². The van der Waals surface area contributed by atoms with Crippen LogP contribution in [0.3, 0.4) is 0 Å². The average molecular weight is 246 g/mol. The topological polar surface area (TPSA) is 24.9 Å². The van der Waals surface area contributed by atoms with Crippen LogP contribution >= 0.6 is 11.3 Å². The molecule has 0 saturated heterocycles. The summed E-state index contributed by atoms with van der Waals surface area (Å²) in [6, 6.07) is 6.45. The molecule has 0 aliphatic carbocycles. The number of hydrogen-bond donors (Lipinski definition) is 1. The van der Waals surface area contributed by atoms with Gasteiger partial charge in [0.25, 0.3) is 0 Å². The van der Waals surface area contributed by atoms with Gasteiger partial charge in [-0.3, -0.25) is 0 Å². The van der Waals surface area contributed by atoms with Crippen molar-refractivity contribution in [3.8, 4) is 0 Å². The SMILES string of the molecule is Cc1ccc(NCc2nc(C)c(C)s2)cc1C. The fourth-order valence-electron chi connectivity index (χ4n) is 1.64. The normalized spacial score (nSPS) is 10.6. The van der Waals surface area contributed by atoms with Crippen molar-refractivity contribution in [2.45, 2.75) is 34.2 Å². The molecule has 0 radical (unpaired) electrons. The van der Waals surface area contributed by atoms with Crippen LogP contribution in [0.5, 0.6) is 0 Å². The van der Waals surface area contributed by atoms with Gasteiger partial charge in [0.1, 0.15) is 5.01 Å². The summed E-state index contributed by atoms with van der Waals surface area (Å²) >= 11 is 1.77. The third kappa shape index (κ3) is 2.86. The number of aromatic nitrogens is 1. The van der Waals surface area contributed by atoms with Gasteiger partial charge in [-0.2, -0.15) is 0 Å². The number of hydrogen-bond acceptors (Lipinski definition) is 3. The summed E-state index contributed by atoms with van der Waals surface area (Å²) in [5, 5.41) is 4.57. The maximum absolute atomic E-state index is 4.52. The first-order chi connectivity index (χ1) is 8.06. The smallest absolute Gasteiger partial charge is 0.112 e. The maximum atomic E-state index is 4.52. The fourth-order valence-corrected chi connectivity index (χ4v) is 2.52. The summed E-state index contributed by atoms with van der Waals surface area (Å²) in [6.45, 7) is 9.25. The van der Waals surface area contributed by atoms with Crippen molar-refractivity contribution in [3.63, 3.8) is 0 Å². The van der Waals surface area contributed by atoms with E-state index >= 15 is 0 Å². The van der Waals surface area contributed by atoms with Crippen molar-refractivity contribution in [1.29, 1.82) is 0 Å². The minimum absolute atomic E-state index is 0.807. The first kappa shape index (κ1) is 12.1. The van der Waals surface area contributed by atoms with E-state index in [2.05, 4.69) is 56.2 Å². The molecule has 2 aromatic rings. The van der Waals surface area contributed by atoms with E-state index in [1.165, 1.54) is 21.7 Å². The number of benzene rings is 1.